The average molecular weight is 887 g/mol. The maximum atomic E-state index is 12.9. The van der Waals surface area contributed by atoms with Gasteiger partial charge in [0.25, 0.3) is 0 Å². The Morgan fingerprint density at radius 1 is 0.783 bits per heavy atom. The van der Waals surface area contributed by atoms with Gasteiger partial charge in [-0.1, -0.05) is 20.3 Å². The molecule has 346 valence electrons. The zero-order chi connectivity index (χ0) is 43.4. The molecule has 0 aliphatic carbocycles. The summed E-state index contributed by atoms with van der Waals surface area (Å²) in [5.74, 6) is 0.198. The predicted octanol–water partition coefficient (Wildman–Crippen LogP) is -6.07. The van der Waals surface area contributed by atoms with Crippen molar-refractivity contribution in [3.63, 3.8) is 0 Å². The number of urea groups is 1. The standard InChI is InChI=1S/C36H62N4O19S/c1-14(2)31-29(50)32(59-35-28(49)27(48)24(45)17(10-42)57-35)26(47)19(55-31)12-53-34-30(51)33(25(46)18(11-43)56-34)58-22-8-40(7-15(9-41)54-22)39-21(44)6-4-3-5-20-23-16(13-60-20)37-36(52)38-23/h14-20,22-35,41-43,45-51H,3-13H2,1-2H3,(H,39,44)(H2,37,38,52)/t15?,16-,17?,18?,19?,20?,22?,23-,24?,25?,26?,27?,28?,29?,30?,31?,32?,33?,34?,35?/m0/s1. The Labute approximate surface area is 350 Å². The normalized spacial score (nSPS) is 45.0. The van der Waals surface area contributed by atoms with E-state index in [0.717, 1.165) is 18.6 Å². The first-order chi connectivity index (χ1) is 28.6. The predicted molar refractivity (Wildman–Crippen MR) is 202 cm³/mol. The van der Waals surface area contributed by atoms with Crippen LogP contribution in [0.25, 0.3) is 0 Å². The van der Waals surface area contributed by atoms with Crippen LogP contribution in [-0.2, 0) is 38.0 Å². The van der Waals surface area contributed by atoms with Crippen LogP contribution in [0.4, 0.5) is 4.79 Å². The lowest BCUT2D eigenvalue weighted by Crippen LogP contribution is -2.66. The summed E-state index contributed by atoms with van der Waals surface area (Å²) in [4.78, 5) is 24.6. The van der Waals surface area contributed by atoms with Crippen LogP contribution in [0, 0.1) is 5.92 Å². The number of nitrogens with one attached hydrogen (secondary N) is 3. The topological polar surface area (TPSA) is 340 Å². The summed E-state index contributed by atoms with van der Waals surface area (Å²) >= 11 is 1.80. The van der Waals surface area contributed by atoms with Gasteiger partial charge in [0.05, 0.1) is 57.3 Å². The number of thioether (sulfide) groups is 1. The van der Waals surface area contributed by atoms with E-state index < -0.39 is 131 Å². The van der Waals surface area contributed by atoms with Gasteiger partial charge < -0.3 is 94.9 Å². The van der Waals surface area contributed by atoms with Crippen molar-refractivity contribution in [2.75, 3.05) is 45.3 Å². The molecule has 18 unspecified atom stereocenters. The summed E-state index contributed by atoms with van der Waals surface area (Å²) < 4.78 is 40.6. The van der Waals surface area contributed by atoms with Gasteiger partial charge >= 0.3 is 6.03 Å². The highest BCUT2D eigenvalue weighted by molar-refractivity contribution is 8.00. The fourth-order valence-electron chi connectivity index (χ4n) is 8.44. The van der Waals surface area contributed by atoms with E-state index in [1.54, 1.807) is 25.6 Å². The number of aliphatic hydroxyl groups is 10. The van der Waals surface area contributed by atoms with Crippen LogP contribution in [0.15, 0.2) is 0 Å². The van der Waals surface area contributed by atoms with Crippen molar-refractivity contribution in [3.8, 4) is 0 Å². The van der Waals surface area contributed by atoms with Gasteiger partial charge in [0.1, 0.15) is 73.2 Å². The molecule has 6 aliphatic heterocycles. The number of hydrogen-bond acceptors (Lipinski definition) is 21. The molecule has 0 aromatic carbocycles. The van der Waals surface area contributed by atoms with Crippen LogP contribution in [0.1, 0.15) is 39.5 Å². The summed E-state index contributed by atoms with van der Waals surface area (Å²) in [6, 6.07) is 0.0440. The number of morpholine rings is 1. The second-order valence-electron chi connectivity index (χ2n) is 16.5. The molecule has 13 N–H and O–H groups in total. The Bertz CT molecular complexity index is 1400. The van der Waals surface area contributed by atoms with Crippen molar-refractivity contribution in [2.45, 2.75) is 161 Å². The molecule has 0 bridgehead atoms. The van der Waals surface area contributed by atoms with E-state index in [0.29, 0.717) is 6.42 Å². The van der Waals surface area contributed by atoms with E-state index in [1.807, 2.05) is 0 Å². The molecule has 6 saturated heterocycles. The Morgan fingerprint density at radius 2 is 1.47 bits per heavy atom. The fraction of sp³-hybridized carbons (Fsp3) is 0.944. The third kappa shape index (κ3) is 11.0. The molecule has 23 nitrogen and oxygen atoms in total. The van der Waals surface area contributed by atoms with Crippen LogP contribution in [0.2, 0.25) is 0 Å². The van der Waals surface area contributed by atoms with Crippen molar-refractivity contribution >= 4 is 23.7 Å². The maximum Gasteiger partial charge on any atom is 0.315 e. The number of carbonyl (C=O) groups is 2. The Morgan fingerprint density at radius 3 is 2.17 bits per heavy atom. The number of ether oxygens (including phenoxy) is 7. The lowest BCUT2D eigenvalue weighted by atomic mass is 9.89. The van der Waals surface area contributed by atoms with Crippen molar-refractivity contribution in [1.82, 2.24) is 21.1 Å². The number of carbonyl (C=O) groups excluding carboxylic acids is 2. The van der Waals surface area contributed by atoms with Crippen LogP contribution in [0.5, 0.6) is 0 Å². The third-order valence-corrected chi connectivity index (χ3v) is 13.3. The highest BCUT2D eigenvalue weighted by Gasteiger charge is 2.53. The van der Waals surface area contributed by atoms with Crippen LogP contribution >= 0.6 is 11.8 Å². The lowest BCUT2D eigenvalue weighted by Gasteiger charge is -2.48. The highest BCUT2D eigenvalue weighted by atomic mass is 32.2. The summed E-state index contributed by atoms with van der Waals surface area (Å²) in [6.45, 7) is 1.06. The molecule has 6 aliphatic rings. The minimum atomic E-state index is -1.83. The average Bonchev–Trinajstić information content (AvgIpc) is 3.78. The number of rotatable bonds is 17. The van der Waals surface area contributed by atoms with Crippen molar-refractivity contribution in [1.29, 1.82) is 0 Å². The largest absolute Gasteiger partial charge is 0.394 e. The first-order valence-corrected chi connectivity index (χ1v) is 21.5. The lowest BCUT2D eigenvalue weighted by molar-refractivity contribution is -0.354. The molecule has 24 heteroatoms. The molecule has 3 amide bonds. The molecular weight excluding hydrogens is 824 g/mol. The van der Waals surface area contributed by atoms with Crippen LogP contribution in [0.3, 0.4) is 0 Å². The minimum Gasteiger partial charge on any atom is -0.394 e. The molecule has 0 saturated carbocycles. The number of amides is 3. The van der Waals surface area contributed by atoms with E-state index in [4.69, 9.17) is 33.2 Å². The Kier molecular flexibility index (Phi) is 17.0. The van der Waals surface area contributed by atoms with Gasteiger partial charge in [-0.3, -0.25) is 10.2 Å². The number of aliphatic hydroxyl groups excluding tert-OH is 10. The van der Waals surface area contributed by atoms with Gasteiger partial charge in [0, 0.05) is 24.0 Å². The quantitative estimate of drug-likeness (QED) is 0.0477. The number of nitrogens with zero attached hydrogens (tertiary/aromatic N) is 1. The van der Waals surface area contributed by atoms with E-state index in [9.17, 15) is 60.7 Å². The number of unbranched alkanes of at least 4 members (excludes halogenated alkanes) is 1. The molecule has 0 radical (unpaired) electrons. The molecule has 20 atom stereocenters. The molecule has 6 rings (SSSR count). The molecule has 6 fully saturated rings. The number of hydrazine groups is 1. The van der Waals surface area contributed by atoms with E-state index in [2.05, 4.69) is 16.1 Å². The molecule has 6 heterocycles. The van der Waals surface area contributed by atoms with E-state index >= 15 is 0 Å². The summed E-state index contributed by atoms with van der Waals surface area (Å²) in [6.07, 6.45) is -22.6. The molecular formula is C36H62N4O19S. The van der Waals surface area contributed by atoms with Crippen molar-refractivity contribution < 1.29 is 93.8 Å². The molecule has 0 aromatic rings. The minimum absolute atomic E-state index is 0.0698. The summed E-state index contributed by atoms with van der Waals surface area (Å²) in [7, 11) is 0. The van der Waals surface area contributed by atoms with Gasteiger partial charge in [-0.15, -0.1) is 0 Å². The first-order valence-electron chi connectivity index (χ1n) is 20.5. The first kappa shape index (κ1) is 47.8. The van der Waals surface area contributed by atoms with Crippen LogP contribution < -0.4 is 16.1 Å². The summed E-state index contributed by atoms with van der Waals surface area (Å²) in [5.41, 5.74) is 2.80. The number of hydrogen-bond donors (Lipinski definition) is 13. The maximum absolute atomic E-state index is 12.9. The Hall–Kier alpha value is -1.63. The second-order valence-corrected chi connectivity index (χ2v) is 17.8. The molecule has 60 heavy (non-hydrogen) atoms. The van der Waals surface area contributed by atoms with Gasteiger partial charge in [-0.25, -0.2) is 9.80 Å². The smallest absolute Gasteiger partial charge is 0.315 e. The molecule has 0 aromatic heterocycles. The van der Waals surface area contributed by atoms with E-state index in [1.165, 1.54) is 5.01 Å². The second kappa shape index (κ2) is 21.4. The monoisotopic (exact) mass is 886 g/mol. The highest BCUT2D eigenvalue weighted by Crippen LogP contribution is 2.35. The zero-order valence-corrected chi connectivity index (χ0v) is 34.2. The van der Waals surface area contributed by atoms with Crippen molar-refractivity contribution in [3.05, 3.63) is 0 Å². The van der Waals surface area contributed by atoms with E-state index in [-0.39, 0.29) is 54.7 Å². The summed E-state index contributed by atoms with van der Waals surface area (Å²) in [5, 5.41) is 113. The zero-order valence-electron chi connectivity index (χ0n) is 33.4. The molecule has 0 spiro atoms. The Balaban J connectivity index is 1.03. The fourth-order valence-corrected chi connectivity index (χ4v) is 9.98. The van der Waals surface area contributed by atoms with Gasteiger partial charge in [-0.05, 0) is 18.8 Å². The number of fused-ring (bicyclic) bond motifs is 1. The van der Waals surface area contributed by atoms with Crippen molar-refractivity contribution in [2.24, 2.45) is 5.92 Å². The van der Waals surface area contributed by atoms with Gasteiger partial charge in [-0.2, -0.15) is 11.8 Å². The van der Waals surface area contributed by atoms with Gasteiger partial charge in [0.2, 0.25) is 5.91 Å². The van der Waals surface area contributed by atoms with Gasteiger partial charge in [0.15, 0.2) is 18.9 Å². The van der Waals surface area contributed by atoms with Crippen LogP contribution in [-0.4, -0.2) is 235 Å². The third-order valence-electron chi connectivity index (χ3n) is 11.8. The SMILES string of the molecule is CC(C)C1OC(COC2OC(CO)C(O)C(OC3CN(NC(=O)CCCCC4SC[C@@H]5NC(=O)N[C@H]45)CC(CO)O3)C2O)C(O)C(OC2OC(CO)C(O)C(O)C2O)C1O.